The van der Waals surface area contributed by atoms with Crippen LogP contribution in [0.3, 0.4) is 0 Å². The molecule has 0 atom stereocenters. The highest BCUT2D eigenvalue weighted by molar-refractivity contribution is 7.10. The SMILES string of the molecule is CN=C(NCC(=O)N1CCc2sccc2C1)NCc1ccc(C)cc1. The smallest absolute Gasteiger partial charge is 0.242 e. The number of carbonyl (C=O) groups is 1. The zero-order valence-electron chi connectivity index (χ0n) is 14.7. The highest BCUT2D eigenvalue weighted by atomic mass is 32.1. The van der Waals surface area contributed by atoms with Gasteiger partial charge in [-0.3, -0.25) is 9.79 Å². The summed E-state index contributed by atoms with van der Waals surface area (Å²) in [6.07, 6.45) is 0.957. The highest BCUT2D eigenvalue weighted by Gasteiger charge is 2.21. The molecule has 0 bridgehead atoms. The molecule has 2 heterocycles. The Morgan fingerprint density at radius 2 is 2.04 bits per heavy atom. The first-order valence-electron chi connectivity index (χ1n) is 8.49. The van der Waals surface area contributed by atoms with E-state index in [1.807, 2.05) is 4.90 Å². The number of guanidine groups is 1. The van der Waals surface area contributed by atoms with Crippen molar-refractivity contribution in [3.8, 4) is 0 Å². The number of benzene rings is 1. The van der Waals surface area contributed by atoms with Gasteiger partial charge < -0.3 is 15.5 Å². The molecule has 3 rings (SSSR count). The van der Waals surface area contributed by atoms with Gasteiger partial charge in [-0.05, 0) is 35.9 Å². The van der Waals surface area contributed by atoms with E-state index in [1.165, 1.54) is 21.6 Å². The summed E-state index contributed by atoms with van der Waals surface area (Å²) in [5.41, 5.74) is 3.71. The van der Waals surface area contributed by atoms with Gasteiger partial charge in [0.05, 0.1) is 6.54 Å². The molecule has 0 saturated carbocycles. The van der Waals surface area contributed by atoms with E-state index in [0.29, 0.717) is 12.5 Å². The molecular formula is C19H24N4OS. The maximum absolute atomic E-state index is 12.4. The lowest BCUT2D eigenvalue weighted by Gasteiger charge is -2.27. The summed E-state index contributed by atoms with van der Waals surface area (Å²) in [6.45, 7) is 4.52. The van der Waals surface area contributed by atoms with Crippen LogP contribution in [0.15, 0.2) is 40.7 Å². The zero-order valence-corrected chi connectivity index (χ0v) is 15.5. The third kappa shape index (κ3) is 4.60. The molecule has 1 aliphatic heterocycles. The first-order valence-corrected chi connectivity index (χ1v) is 9.37. The number of amides is 1. The predicted molar refractivity (Wildman–Crippen MR) is 103 cm³/mol. The van der Waals surface area contributed by atoms with Gasteiger partial charge in [0.15, 0.2) is 5.96 Å². The number of nitrogens with one attached hydrogen (secondary N) is 2. The molecule has 0 aliphatic carbocycles. The molecule has 5 nitrogen and oxygen atoms in total. The number of hydrogen-bond acceptors (Lipinski definition) is 3. The van der Waals surface area contributed by atoms with Gasteiger partial charge in [0.25, 0.3) is 0 Å². The van der Waals surface area contributed by atoms with Crippen LogP contribution in [0.1, 0.15) is 21.6 Å². The van der Waals surface area contributed by atoms with Crippen LogP contribution in [0.5, 0.6) is 0 Å². The van der Waals surface area contributed by atoms with Crippen LogP contribution >= 0.6 is 11.3 Å². The number of rotatable bonds is 4. The molecule has 1 aromatic heterocycles. The van der Waals surface area contributed by atoms with Crippen molar-refractivity contribution >= 4 is 23.2 Å². The molecule has 0 fully saturated rings. The van der Waals surface area contributed by atoms with Crippen molar-refractivity contribution < 1.29 is 4.79 Å². The summed E-state index contributed by atoms with van der Waals surface area (Å²) >= 11 is 1.78. The van der Waals surface area contributed by atoms with Crippen LogP contribution in [-0.2, 0) is 24.3 Å². The number of fused-ring (bicyclic) bond motifs is 1. The summed E-state index contributed by atoms with van der Waals surface area (Å²) in [4.78, 5) is 20.0. The lowest BCUT2D eigenvalue weighted by atomic mass is 10.1. The molecule has 1 aromatic carbocycles. The van der Waals surface area contributed by atoms with Crippen LogP contribution in [0.2, 0.25) is 0 Å². The largest absolute Gasteiger partial charge is 0.352 e. The Morgan fingerprint density at radius 1 is 1.24 bits per heavy atom. The number of carbonyl (C=O) groups excluding carboxylic acids is 1. The predicted octanol–water partition coefficient (Wildman–Crippen LogP) is 2.31. The number of nitrogens with zero attached hydrogens (tertiary/aromatic N) is 2. The van der Waals surface area contributed by atoms with E-state index in [2.05, 4.69) is 58.3 Å². The summed E-state index contributed by atoms with van der Waals surface area (Å²) in [7, 11) is 1.72. The Labute approximate surface area is 152 Å². The highest BCUT2D eigenvalue weighted by Crippen LogP contribution is 2.23. The fourth-order valence-corrected chi connectivity index (χ4v) is 3.73. The molecule has 132 valence electrons. The van der Waals surface area contributed by atoms with Crippen molar-refractivity contribution in [3.05, 3.63) is 57.3 Å². The Morgan fingerprint density at radius 3 is 2.80 bits per heavy atom. The Kier molecular flexibility index (Phi) is 5.71. The lowest BCUT2D eigenvalue weighted by molar-refractivity contribution is -0.130. The maximum Gasteiger partial charge on any atom is 0.242 e. The Hall–Kier alpha value is -2.34. The summed E-state index contributed by atoms with van der Waals surface area (Å²) in [5.74, 6) is 0.747. The van der Waals surface area contributed by atoms with Gasteiger partial charge in [0, 0.05) is 31.6 Å². The molecule has 0 spiro atoms. The van der Waals surface area contributed by atoms with E-state index in [4.69, 9.17) is 0 Å². The molecular weight excluding hydrogens is 332 g/mol. The van der Waals surface area contributed by atoms with Gasteiger partial charge in [-0.15, -0.1) is 11.3 Å². The van der Waals surface area contributed by atoms with Crippen molar-refractivity contribution in [3.63, 3.8) is 0 Å². The van der Waals surface area contributed by atoms with Crippen LogP contribution in [0.4, 0.5) is 0 Å². The molecule has 2 aromatic rings. The summed E-state index contributed by atoms with van der Waals surface area (Å²) in [6, 6.07) is 10.5. The third-order valence-corrected chi connectivity index (χ3v) is 5.39. The minimum absolute atomic E-state index is 0.107. The molecule has 2 N–H and O–H groups in total. The second kappa shape index (κ2) is 8.16. The average molecular weight is 356 g/mol. The fourth-order valence-electron chi connectivity index (χ4n) is 2.84. The monoisotopic (exact) mass is 356 g/mol. The Bertz CT molecular complexity index is 751. The second-order valence-electron chi connectivity index (χ2n) is 6.20. The van der Waals surface area contributed by atoms with E-state index >= 15 is 0 Å². The number of aliphatic imine (C=N–C) groups is 1. The van der Waals surface area contributed by atoms with Gasteiger partial charge in [-0.2, -0.15) is 0 Å². The van der Waals surface area contributed by atoms with Gasteiger partial charge in [-0.1, -0.05) is 29.8 Å². The fraction of sp³-hybridized carbons (Fsp3) is 0.368. The first kappa shape index (κ1) is 17.5. The number of hydrogen-bond donors (Lipinski definition) is 2. The molecule has 0 unspecified atom stereocenters. The maximum atomic E-state index is 12.4. The quantitative estimate of drug-likeness (QED) is 0.653. The van der Waals surface area contributed by atoms with Crippen molar-refractivity contribution in [1.82, 2.24) is 15.5 Å². The third-order valence-electron chi connectivity index (χ3n) is 4.37. The molecule has 1 amide bonds. The van der Waals surface area contributed by atoms with Gasteiger partial charge >= 0.3 is 0 Å². The van der Waals surface area contributed by atoms with Crippen molar-refractivity contribution in [2.75, 3.05) is 20.1 Å². The molecule has 0 radical (unpaired) electrons. The van der Waals surface area contributed by atoms with E-state index in [-0.39, 0.29) is 12.5 Å². The minimum atomic E-state index is 0.107. The standard InChI is InChI=1S/C19H24N4OS/c1-14-3-5-15(6-4-14)11-21-19(20-2)22-12-18(24)23-9-7-17-16(13-23)8-10-25-17/h3-6,8,10H,7,9,11-13H2,1-2H3,(H2,20,21,22). The van der Waals surface area contributed by atoms with E-state index in [1.54, 1.807) is 18.4 Å². The van der Waals surface area contributed by atoms with E-state index in [0.717, 1.165) is 19.5 Å². The van der Waals surface area contributed by atoms with Crippen LogP contribution in [0, 0.1) is 6.92 Å². The van der Waals surface area contributed by atoms with E-state index in [9.17, 15) is 4.79 Å². The molecule has 1 aliphatic rings. The Balaban J connectivity index is 1.46. The first-order chi connectivity index (χ1) is 12.2. The number of aryl methyl sites for hydroxylation is 1. The van der Waals surface area contributed by atoms with Gasteiger partial charge in [0.2, 0.25) is 5.91 Å². The summed E-state index contributed by atoms with van der Waals surface area (Å²) in [5, 5.41) is 8.47. The topological polar surface area (TPSA) is 56.7 Å². The van der Waals surface area contributed by atoms with Crippen LogP contribution in [0.25, 0.3) is 0 Å². The van der Waals surface area contributed by atoms with Crippen molar-refractivity contribution in [2.45, 2.75) is 26.4 Å². The molecule has 0 saturated heterocycles. The molecule has 6 heteroatoms. The lowest BCUT2D eigenvalue weighted by Crippen LogP contribution is -2.45. The minimum Gasteiger partial charge on any atom is -0.352 e. The van der Waals surface area contributed by atoms with Crippen molar-refractivity contribution in [1.29, 1.82) is 0 Å². The zero-order chi connectivity index (χ0) is 17.6. The van der Waals surface area contributed by atoms with Gasteiger partial charge in [0.1, 0.15) is 0 Å². The number of thiophene rings is 1. The second-order valence-corrected chi connectivity index (χ2v) is 7.20. The van der Waals surface area contributed by atoms with E-state index < -0.39 is 0 Å². The van der Waals surface area contributed by atoms with Gasteiger partial charge in [-0.25, -0.2) is 0 Å². The summed E-state index contributed by atoms with van der Waals surface area (Å²) < 4.78 is 0. The van der Waals surface area contributed by atoms with Crippen LogP contribution < -0.4 is 10.6 Å². The van der Waals surface area contributed by atoms with Crippen LogP contribution in [-0.4, -0.2) is 36.9 Å². The normalized spacial score (nSPS) is 14.2. The van der Waals surface area contributed by atoms with Crippen molar-refractivity contribution in [2.24, 2.45) is 4.99 Å². The average Bonchev–Trinajstić information content (AvgIpc) is 3.10. The molecule has 25 heavy (non-hydrogen) atoms.